The lowest BCUT2D eigenvalue weighted by Crippen LogP contribution is -2.47. The lowest BCUT2D eigenvalue weighted by molar-refractivity contribution is -0.120. The van der Waals surface area contributed by atoms with E-state index in [-0.39, 0.29) is 29.0 Å². The molecule has 268 valence electrons. The lowest BCUT2D eigenvalue weighted by Gasteiger charge is -2.24. The molecule has 7 rings (SSSR count). The highest BCUT2D eigenvalue weighted by atomic mass is 35.5. The van der Waals surface area contributed by atoms with Crippen LogP contribution < -0.4 is 31.6 Å². The molecule has 2 atom stereocenters. The Balaban J connectivity index is 1.10. The summed E-state index contributed by atoms with van der Waals surface area (Å²) in [7, 11) is 1.59. The number of aromatic nitrogens is 3. The molecular formula is C39H39Cl2N7O4. The molecule has 5 heterocycles. The number of pyridine rings is 2. The zero-order valence-electron chi connectivity index (χ0n) is 28.9. The molecule has 2 unspecified atom stereocenters. The van der Waals surface area contributed by atoms with E-state index in [9.17, 15) is 14.4 Å². The number of nitrogens with one attached hydrogen (secondary N) is 4. The summed E-state index contributed by atoms with van der Waals surface area (Å²) < 4.78 is 7.17. The molecule has 0 radical (unpaired) electrons. The second-order valence-electron chi connectivity index (χ2n) is 13.6. The number of methoxy groups -OCH3 is 1. The van der Waals surface area contributed by atoms with Crippen molar-refractivity contribution in [1.82, 2.24) is 35.6 Å². The fourth-order valence-electron chi connectivity index (χ4n) is 6.90. The number of fused-ring (bicyclic) bond motifs is 1. The van der Waals surface area contributed by atoms with E-state index in [1.165, 1.54) is 4.40 Å². The molecule has 13 heteroatoms. The molecular weight excluding hydrogens is 701 g/mol. The molecule has 0 aliphatic carbocycles. The number of ether oxygens (including phenoxy) is 1. The maximum Gasteiger partial charge on any atom is 0.262 e. The van der Waals surface area contributed by atoms with Gasteiger partial charge in [-0.1, -0.05) is 65.7 Å². The van der Waals surface area contributed by atoms with Crippen LogP contribution in [0, 0.1) is 0 Å². The van der Waals surface area contributed by atoms with Crippen molar-refractivity contribution < 1.29 is 14.3 Å². The second-order valence-corrected chi connectivity index (χ2v) is 14.3. The molecule has 4 N–H and O–H groups in total. The lowest BCUT2D eigenvalue weighted by atomic mass is 9.97. The van der Waals surface area contributed by atoms with Crippen molar-refractivity contribution in [3.8, 4) is 39.4 Å². The smallest absolute Gasteiger partial charge is 0.262 e. The van der Waals surface area contributed by atoms with E-state index in [1.807, 2.05) is 67.6 Å². The predicted octanol–water partition coefficient (Wildman–Crippen LogP) is 5.53. The standard InChI is InChI=1S/C39H39Cl2N7O4/c1-39(15-13-34(50)47-39)22-43-19-25-20-44-32-17-23(14-16-48(32)38(25)51)27-5-3-6-28(35(27)40)29-7-4-8-30(36(29)41)31-11-9-24(37(46-31)52-2)18-42-21-26-10-12-33(49)45-26/h3-9,11,14,16-17,20,26,42-43H,10,12-13,15,18-19,21-22H2,1-2H3,(H,45,49)(H,47,50). The second kappa shape index (κ2) is 15.0. The quantitative estimate of drug-likeness (QED) is 0.131. The molecule has 2 fully saturated rings. The van der Waals surface area contributed by atoms with Gasteiger partial charge in [0.2, 0.25) is 17.7 Å². The minimum Gasteiger partial charge on any atom is -0.481 e. The summed E-state index contributed by atoms with van der Waals surface area (Å²) >= 11 is 14.2. The number of benzene rings is 2. The Bertz CT molecular complexity index is 2240. The first kappa shape index (κ1) is 35.6. The van der Waals surface area contributed by atoms with Crippen molar-refractivity contribution in [2.24, 2.45) is 0 Å². The Morgan fingerprint density at radius 3 is 2.35 bits per heavy atom. The normalized spacial score (nSPS) is 18.5. The monoisotopic (exact) mass is 739 g/mol. The van der Waals surface area contributed by atoms with Crippen molar-refractivity contribution in [2.75, 3.05) is 20.2 Å². The number of hydrogen-bond acceptors (Lipinski definition) is 8. The summed E-state index contributed by atoms with van der Waals surface area (Å²) in [5.41, 5.74) is 5.87. The maximum atomic E-state index is 13.3. The maximum absolute atomic E-state index is 13.3. The van der Waals surface area contributed by atoms with Crippen molar-refractivity contribution >= 4 is 40.7 Å². The van der Waals surface area contributed by atoms with Gasteiger partial charge < -0.3 is 26.0 Å². The summed E-state index contributed by atoms with van der Waals surface area (Å²) in [5, 5.41) is 13.7. The van der Waals surface area contributed by atoms with Gasteiger partial charge in [-0.05, 0) is 43.5 Å². The highest BCUT2D eigenvalue weighted by Gasteiger charge is 2.32. The molecule has 0 spiro atoms. The van der Waals surface area contributed by atoms with Crippen LogP contribution >= 0.6 is 23.2 Å². The molecule has 2 amide bonds. The van der Waals surface area contributed by atoms with Crippen LogP contribution in [0.2, 0.25) is 10.0 Å². The van der Waals surface area contributed by atoms with Gasteiger partial charge >= 0.3 is 0 Å². The minimum atomic E-state index is -0.322. The van der Waals surface area contributed by atoms with E-state index in [4.69, 9.17) is 32.9 Å². The van der Waals surface area contributed by atoms with E-state index in [0.29, 0.717) is 71.9 Å². The third-order valence-electron chi connectivity index (χ3n) is 9.75. The highest BCUT2D eigenvalue weighted by molar-refractivity contribution is 6.39. The molecule has 11 nitrogen and oxygen atoms in total. The van der Waals surface area contributed by atoms with Crippen LogP contribution in [0.3, 0.4) is 0 Å². The molecule has 2 aromatic carbocycles. The van der Waals surface area contributed by atoms with Gasteiger partial charge in [0, 0.05) is 90.8 Å². The summed E-state index contributed by atoms with van der Waals surface area (Å²) in [5.74, 6) is 0.629. The predicted molar refractivity (Wildman–Crippen MR) is 202 cm³/mol. The fraction of sp³-hybridized carbons (Fsp3) is 0.308. The van der Waals surface area contributed by atoms with E-state index in [1.54, 1.807) is 19.5 Å². The van der Waals surface area contributed by atoms with Crippen molar-refractivity contribution in [1.29, 1.82) is 0 Å². The Morgan fingerprint density at radius 1 is 0.904 bits per heavy atom. The minimum absolute atomic E-state index is 0.0491. The van der Waals surface area contributed by atoms with Gasteiger partial charge in [0.15, 0.2) is 0 Å². The number of hydrogen-bond donors (Lipinski definition) is 4. The third kappa shape index (κ3) is 7.40. The number of rotatable bonds is 12. The largest absolute Gasteiger partial charge is 0.481 e. The summed E-state index contributed by atoms with van der Waals surface area (Å²) in [6, 6.07) is 19.2. The van der Waals surface area contributed by atoms with Crippen LogP contribution in [0.1, 0.15) is 43.7 Å². The molecule has 2 aliphatic heterocycles. The SMILES string of the molecule is COc1nc(-c2cccc(-c3cccc(-c4ccn5c(=O)c(CNCC6(C)CCC(=O)N6)cnc5c4)c3Cl)c2Cl)ccc1CNCC1CCC(=O)N1. The van der Waals surface area contributed by atoms with Crippen LogP contribution in [-0.2, 0) is 22.7 Å². The zero-order chi connectivity index (χ0) is 36.4. The molecule has 52 heavy (non-hydrogen) atoms. The van der Waals surface area contributed by atoms with Crippen LogP contribution in [0.5, 0.6) is 5.88 Å². The van der Waals surface area contributed by atoms with Gasteiger partial charge in [0.05, 0.1) is 28.4 Å². The van der Waals surface area contributed by atoms with Crippen molar-refractivity contribution in [2.45, 2.75) is 57.3 Å². The van der Waals surface area contributed by atoms with Crippen LogP contribution in [0.15, 0.2) is 77.9 Å². The van der Waals surface area contributed by atoms with Crippen LogP contribution in [0.4, 0.5) is 0 Å². The Hall–Kier alpha value is -4.81. The molecule has 5 aromatic rings. The number of amides is 2. The summed E-state index contributed by atoms with van der Waals surface area (Å²) in [6.45, 7) is 4.10. The number of carbonyl (C=O) groups excluding carboxylic acids is 2. The van der Waals surface area contributed by atoms with E-state index in [0.717, 1.165) is 46.2 Å². The van der Waals surface area contributed by atoms with Gasteiger partial charge in [-0.15, -0.1) is 0 Å². The number of carbonyl (C=O) groups is 2. The van der Waals surface area contributed by atoms with E-state index >= 15 is 0 Å². The average molecular weight is 741 g/mol. The van der Waals surface area contributed by atoms with Crippen molar-refractivity contribution in [3.05, 3.63) is 105 Å². The van der Waals surface area contributed by atoms with Crippen molar-refractivity contribution in [3.63, 3.8) is 0 Å². The topological polar surface area (TPSA) is 139 Å². The first-order chi connectivity index (χ1) is 25.1. The number of nitrogens with zero attached hydrogens (tertiary/aromatic N) is 3. The summed E-state index contributed by atoms with van der Waals surface area (Å²) in [4.78, 5) is 45.9. The Kier molecular flexibility index (Phi) is 10.3. The molecule has 2 aliphatic rings. The average Bonchev–Trinajstić information content (AvgIpc) is 3.72. The van der Waals surface area contributed by atoms with E-state index in [2.05, 4.69) is 26.3 Å². The molecule has 3 aromatic heterocycles. The van der Waals surface area contributed by atoms with Crippen LogP contribution in [-0.4, -0.2) is 58.0 Å². The Morgan fingerprint density at radius 2 is 1.63 bits per heavy atom. The third-order valence-corrected chi connectivity index (χ3v) is 10.6. The molecule has 0 saturated carbocycles. The first-order valence-electron chi connectivity index (χ1n) is 17.3. The van der Waals surface area contributed by atoms with Gasteiger partial charge in [0.25, 0.3) is 5.56 Å². The van der Waals surface area contributed by atoms with Gasteiger partial charge in [0.1, 0.15) is 5.65 Å². The van der Waals surface area contributed by atoms with Gasteiger partial charge in [-0.2, -0.15) is 0 Å². The molecule has 0 bridgehead atoms. The number of halogens is 2. The first-order valence-corrected chi connectivity index (χ1v) is 18.0. The van der Waals surface area contributed by atoms with Gasteiger partial charge in [-0.3, -0.25) is 18.8 Å². The van der Waals surface area contributed by atoms with Gasteiger partial charge in [-0.25, -0.2) is 9.97 Å². The Labute approximate surface area is 311 Å². The zero-order valence-corrected chi connectivity index (χ0v) is 30.4. The molecule has 2 saturated heterocycles. The fourth-order valence-corrected chi connectivity index (χ4v) is 7.56. The highest BCUT2D eigenvalue weighted by Crippen LogP contribution is 2.42. The van der Waals surface area contributed by atoms with Crippen LogP contribution in [0.25, 0.3) is 39.2 Å². The van der Waals surface area contributed by atoms with E-state index < -0.39 is 0 Å². The summed E-state index contributed by atoms with van der Waals surface area (Å²) in [6.07, 6.45) is 5.96.